The van der Waals surface area contributed by atoms with Crippen molar-refractivity contribution < 1.29 is 5.11 Å². The summed E-state index contributed by atoms with van der Waals surface area (Å²) in [6.07, 6.45) is 0. The number of halogens is 1. The SMILES string of the molecule is N#Cc1cc(Br)cc(SCCO)c1. The molecular formula is C9H8BrNOS. The number of nitrogens with zero attached hydrogens (tertiary/aromatic N) is 1. The van der Waals surface area contributed by atoms with E-state index in [0.29, 0.717) is 11.3 Å². The van der Waals surface area contributed by atoms with Gasteiger partial charge in [0.25, 0.3) is 0 Å². The first-order valence-electron chi connectivity index (χ1n) is 3.70. The van der Waals surface area contributed by atoms with Gasteiger partial charge < -0.3 is 5.11 Å². The Morgan fingerprint density at radius 2 is 2.23 bits per heavy atom. The van der Waals surface area contributed by atoms with Crippen molar-refractivity contribution in [3.63, 3.8) is 0 Å². The van der Waals surface area contributed by atoms with Crippen molar-refractivity contribution >= 4 is 27.7 Å². The minimum Gasteiger partial charge on any atom is -0.396 e. The average Bonchev–Trinajstić information content (AvgIpc) is 2.14. The van der Waals surface area contributed by atoms with Gasteiger partial charge in [0, 0.05) is 15.1 Å². The monoisotopic (exact) mass is 257 g/mol. The molecule has 0 unspecified atom stereocenters. The summed E-state index contributed by atoms with van der Waals surface area (Å²) in [5.74, 6) is 0.654. The Labute approximate surface area is 89.7 Å². The molecule has 13 heavy (non-hydrogen) atoms. The van der Waals surface area contributed by atoms with Crippen LogP contribution in [0.3, 0.4) is 0 Å². The molecule has 1 aromatic rings. The summed E-state index contributed by atoms with van der Waals surface area (Å²) >= 11 is 4.85. The molecule has 0 bridgehead atoms. The van der Waals surface area contributed by atoms with Crippen LogP contribution in [0.15, 0.2) is 27.6 Å². The highest BCUT2D eigenvalue weighted by atomic mass is 79.9. The van der Waals surface area contributed by atoms with E-state index in [1.54, 1.807) is 6.07 Å². The smallest absolute Gasteiger partial charge is 0.0992 e. The van der Waals surface area contributed by atoms with Gasteiger partial charge in [0.05, 0.1) is 18.2 Å². The molecule has 1 N–H and O–H groups in total. The molecule has 0 aliphatic rings. The highest BCUT2D eigenvalue weighted by Gasteiger charge is 1.98. The third kappa shape index (κ3) is 3.39. The Balaban J connectivity index is 2.83. The normalized spacial score (nSPS) is 9.62. The summed E-state index contributed by atoms with van der Waals surface area (Å²) in [6, 6.07) is 7.59. The zero-order valence-corrected chi connectivity index (χ0v) is 9.23. The zero-order chi connectivity index (χ0) is 9.68. The summed E-state index contributed by atoms with van der Waals surface area (Å²) in [4.78, 5) is 1.000. The molecule has 2 nitrogen and oxygen atoms in total. The van der Waals surface area contributed by atoms with E-state index in [1.807, 2.05) is 12.1 Å². The molecule has 4 heteroatoms. The molecule has 0 spiro atoms. The van der Waals surface area contributed by atoms with Crippen LogP contribution in [0, 0.1) is 11.3 Å². The van der Waals surface area contributed by atoms with Gasteiger partial charge in [-0.2, -0.15) is 5.26 Å². The molecule has 0 amide bonds. The summed E-state index contributed by atoms with van der Waals surface area (Å²) in [6.45, 7) is 0.152. The molecule has 1 rings (SSSR count). The van der Waals surface area contributed by atoms with Crippen molar-refractivity contribution in [1.82, 2.24) is 0 Å². The number of aliphatic hydroxyl groups excluding tert-OH is 1. The van der Waals surface area contributed by atoms with E-state index in [-0.39, 0.29) is 6.61 Å². The van der Waals surface area contributed by atoms with E-state index >= 15 is 0 Å². The van der Waals surface area contributed by atoms with E-state index in [9.17, 15) is 0 Å². The standard InChI is InChI=1S/C9H8BrNOS/c10-8-3-7(6-11)4-9(5-8)13-2-1-12/h3-5,12H,1-2H2. The second-order valence-corrected chi connectivity index (χ2v) is 4.44. The molecule has 1 aromatic carbocycles. The first-order valence-corrected chi connectivity index (χ1v) is 5.48. The molecule has 0 aliphatic heterocycles. The molecule has 0 heterocycles. The molecule has 0 atom stereocenters. The lowest BCUT2D eigenvalue weighted by molar-refractivity contribution is 0.322. The van der Waals surface area contributed by atoms with E-state index in [1.165, 1.54) is 11.8 Å². The Morgan fingerprint density at radius 1 is 1.46 bits per heavy atom. The maximum Gasteiger partial charge on any atom is 0.0992 e. The fourth-order valence-electron chi connectivity index (χ4n) is 0.874. The van der Waals surface area contributed by atoms with Crippen LogP contribution in [0.4, 0.5) is 0 Å². The highest BCUT2D eigenvalue weighted by molar-refractivity contribution is 9.10. The Hall–Kier alpha value is -0.500. The van der Waals surface area contributed by atoms with Crippen LogP contribution in [-0.4, -0.2) is 17.5 Å². The van der Waals surface area contributed by atoms with Crippen molar-refractivity contribution in [2.24, 2.45) is 0 Å². The molecule has 0 saturated carbocycles. The average molecular weight is 258 g/mol. The van der Waals surface area contributed by atoms with Crippen LogP contribution in [0.5, 0.6) is 0 Å². The Bertz CT molecular complexity index is 335. The lowest BCUT2D eigenvalue weighted by Crippen LogP contribution is -1.86. The quantitative estimate of drug-likeness (QED) is 0.846. The minimum absolute atomic E-state index is 0.152. The van der Waals surface area contributed by atoms with Crippen LogP contribution in [0.2, 0.25) is 0 Å². The molecule has 0 fully saturated rings. The fourth-order valence-corrected chi connectivity index (χ4v) is 2.27. The van der Waals surface area contributed by atoms with Crippen molar-refractivity contribution in [1.29, 1.82) is 5.26 Å². The van der Waals surface area contributed by atoms with E-state index < -0.39 is 0 Å². The highest BCUT2D eigenvalue weighted by Crippen LogP contribution is 2.23. The van der Waals surface area contributed by atoms with Crippen LogP contribution >= 0.6 is 27.7 Å². The fraction of sp³-hybridized carbons (Fsp3) is 0.222. The van der Waals surface area contributed by atoms with Crippen LogP contribution < -0.4 is 0 Å². The van der Waals surface area contributed by atoms with E-state index in [2.05, 4.69) is 22.0 Å². The number of aliphatic hydroxyl groups is 1. The van der Waals surface area contributed by atoms with Crippen molar-refractivity contribution in [3.05, 3.63) is 28.2 Å². The zero-order valence-electron chi connectivity index (χ0n) is 6.83. The predicted molar refractivity (Wildman–Crippen MR) is 56.7 cm³/mol. The van der Waals surface area contributed by atoms with Gasteiger partial charge in [0.15, 0.2) is 0 Å². The van der Waals surface area contributed by atoms with Gasteiger partial charge in [-0.15, -0.1) is 11.8 Å². The molecule has 68 valence electrons. The van der Waals surface area contributed by atoms with Gasteiger partial charge in [0.1, 0.15) is 0 Å². The largest absolute Gasteiger partial charge is 0.396 e. The second kappa shape index (κ2) is 5.28. The number of hydrogen-bond acceptors (Lipinski definition) is 3. The number of benzene rings is 1. The molecule has 0 aliphatic carbocycles. The molecule has 0 saturated heterocycles. The third-order valence-electron chi connectivity index (χ3n) is 1.36. The summed E-state index contributed by atoms with van der Waals surface area (Å²) in [7, 11) is 0. The van der Waals surface area contributed by atoms with Crippen molar-refractivity contribution in [3.8, 4) is 6.07 Å². The Morgan fingerprint density at radius 3 is 2.85 bits per heavy atom. The number of hydrogen-bond donors (Lipinski definition) is 1. The lowest BCUT2D eigenvalue weighted by atomic mass is 10.2. The van der Waals surface area contributed by atoms with E-state index in [4.69, 9.17) is 10.4 Å². The van der Waals surface area contributed by atoms with Crippen LogP contribution in [0.25, 0.3) is 0 Å². The first kappa shape index (κ1) is 10.6. The Kier molecular flexibility index (Phi) is 4.29. The van der Waals surface area contributed by atoms with Gasteiger partial charge in [-0.25, -0.2) is 0 Å². The van der Waals surface area contributed by atoms with Crippen molar-refractivity contribution in [2.45, 2.75) is 4.90 Å². The number of rotatable bonds is 3. The minimum atomic E-state index is 0.152. The van der Waals surface area contributed by atoms with Gasteiger partial charge >= 0.3 is 0 Å². The second-order valence-electron chi connectivity index (χ2n) is 2.36. The predicted octanol–water partition coefficient (Wildman–Crippen LogP) is 2.41. The number of nitriles is 1. The summed E-state index contributed by atoms with van der Waals surface area (Å²) in [5, 5.41) is 17.3. The van der Waals surface area contributed by atoms with Crippen molar-refractivity contribution in [2.75, 3.05) is 12.4 Å². The van der Waals surface area contributed by atoms with E-state index in [0.717, 1.165) is 9.37 Å². The summed E-state index contributed by atoms with van der Waals surface area (Å²) in [5.41, 5.74) is 0.634. The van der Waals surface area contributed by atoms with Gasteiger partial charge in [-0.1, -0.05) is 15.9 Å². The topological polar surface area (TPSA) is 44.0 Å². The molecule has 0 aromatic heterocycles. The lowest BCUT2D eigenvalue weighted by Gasteiger charge is -2.00. The molecule has 0 radical (unpaired) electrons. The van der Waals surface area contributed by atoms with Crippen LogP contribution in [0.1, 0.15) is 5.56 Å². The van der Waals surface area contributed by atoms with Gasteiger partial charge in [-0.3, -0.25) is 0 Å². The maximum absolute atomic E-state index is 8.68. The summed E-state index contributed by atoms with van der Waals surface area (Å²) < 4.78 is 0.895. The first-order chi connectivity index (χ1) is 6.26. The van der Waals surface area contributed by atoms with Crippen LogP contribution in [-0.2, 0) is 0 Å². The maximum atomic E-state index is 8.68. The van der Waals surface area contributed by atoms with Gasteiger partial charge in [-0.05, 0) is 18.2 Å². The van der Waals surface area contributed by atoms with Gasteiger partial charge in [0.2, 0.25) is 0 Å². The molecular weight excluding hydrogens is 250 g/mol. The number of thioether (sulfide) groups is 1. The third-order valence-corrected chi connectivity index (χ3v) is 2.77.